The third-order valence-electron chi connectivity index (χ3n) is 4.75. The number of ether oxygens (including phenoxy) is 2. The summed E-state index contributed by atoms with van der Waals surface area (Å²) < 4.78 is 10.7. The van der Waals surface area contributed by atoms with Crippen LogP contribution < -0.4 is 14.8 Å². The second-order valence-electron chi connectivity index (χ2n) is 6.56. The SMILES string of the molecule is CC[C@@H](NC(=O)CCc1ccc2c(c1)OCO2)c1ccc(C)c(C)c1. The average Bonchev–Trinajstić information content (AvgIpc) is 3.08. The Morgan fingerprint density at radius 2 is 1.88 bits per heavy atom. The Balaban J connectivity index is 1.58. The first-order valence-electron chi connectivity index (χ1n) is 8.82. The number of nitrogens with one attached hydrogen (secondary N) is 1. The summed E-state index contributed by atoms with van der Waals surface area (Å²) in [7, 11) is 0. The smallest absolute Gasteiger partial charge is 0.231 e. The molecule has 1 heterocycles. The number of benzene rings is 2. The number of hydrogen-bond acceptors (Lipinski definition) is 3. The van der Waals surface area contributed by atoms with Gasteiger partial charge in [0.1, 0.15) is 0 Å². The molecule has 2 aromatic carbocycles. The van der Waals surface area contributed by atoms with Crippen molar-refractivity contribution in [3.05, 3.63) is 58.7 Å². The van der Waals surface area contributed by atoms with Gasteiger partial charge in [0, 0.05) is 6.42 Å². The van der Waals surface area contributed by atoms with Crippen LogP contribution in [-0.2, 0) is 11.2 Å². The molecule has 0 unspecified atom stereocenters. The highest BCUT2D eigenvalue weighted by Crippen LogP contribution is 2.32. The fourth-order valence-electron chi connectivity index (χ4n) is 3.02. The lowest BCUT2D eigenvalue weighted by Gasteiger charge is -2.18. The molecule has 0 saturated carbocycles. The first-order chi connectivity index (χ1) is 12.1. The predicted octanol–water partition coefficient (Wildman–Crippen LogP) is 4.23. The van der Waals surface area contributed by atoms with Gasteiger partial charge in [0.25, 0.3) is 0 Å². The summed E-state index contributed by atoms with van der Waals surface area (Å²) >= 11 is 0. The van der Waals surface area contributed by atoms with E-state index >= 15 is 0 Å². The molecule has 0 aromatic heterocycles. The van der Waals surface area contributed by atoms with Gasteiger partial charge in [0.2, 0.25) is 12.7 Å². The average molecular weight is 339 g/mol. The van der Waals surface area contributed by atoms with Gasteiger partial charge in [0.15, 0.2) is 11.5 Å². The summed E-state index contributed by atoms with van der Waals surface area (Å²) in [5, 5.41) is 3.16. The van der Waals surface area contributed by atoms with Crippen LogP contribution in [0.5, 0.6) is 11.5 Å². The molecule has 1 aliphatic rings. The van der Waals surface area contributed by atoms with Crippen molar-refractivity contribution in [1.82, 2.24) is 5.32 Å². The van der Waals surface area contributed by atoms with E-state index in [0.29, 0.717) is 12.8 Å². The van der Waals surface area contributed by atoms with Crippen LogP contribution in [0.3, 0.4) is 0 Å². The minimum atomic E-state index is 0.0588. The third-order valence-corrected chi connectivity index (χ3v) is 4.75. The number of rotatable bonds is 6. The maximum absolute atomic E-state index is 12.4. The number of amides is 1. The van der Waals surface area contributed by atoms with Crippen LogP contribution >= 0.6 is 0 Å². The molecule has 4 heteroatoms. The molecule has 0 saturated heterocycles. The minimum absolute atomic E-state index is 0.0588. The van der Waals surface area contributed by atoms with E-state index in [1.807, 2.05) is 18.2 Å². The van der Waals surface area contributed by atoms with Crippen LogP contribution in [0.1, 0.15) is 48.1 Å². The van der Waals surface area contributed by atoms with Crippen molar-refractivity contribution in [2.24, 2.45) is 0 Å². The molecule has 4 nitrogen and oxygen atoms in total. The first-order valence-corrected chi connectivity index (χ1v) is 8.82. The molecule has 2 aromatic rings. The molecule has 1 amide bonds. The predicted molar refractivity (Wildman–Crippen MR) is 98.0 cm³/mol. The summed E-state index contributed by atoms with van der Waals surface area (Å²) in [6, 6.07) is 12.3. The van der Waals surface area contributed by atoms with Crippen molar-refractivity contribution in [1.29, 1.82) is 0 Å². The van der Waals surface area contributed by atoms with Gasteiger partial charge in [-0.25, -0.2) is 0 Å². The van der Waals surface area contributed by atoms with Gasteiger partial charge in [-0.2, -0.15) is 0 Å². The van der Waals surface area contributed by atoms with E-state index < -0.39 is 0 Å². The Morgan fingerprint density at radius 1 is 1.08 bits per heavy atom. The van der Waals surface area contributed by atoms with E-state index in [0.717, 1.165) is 23.5 Å². The highest BCUT2D eigenvalue weighted by molar-refractivity contribution is 5.76. The number of hydrogen-bond donors (Lipinski definition) is 1. The minimum Gasteiger partial charge on any atom is -0.454 e. The Kier molecular flexibility index (Phi) is 5.27. The molecule has 25 heavy (non-hydrogen) atoms. The molecule has 0 bridgehead atoms. The van der Waals surface area contributed by atoms with E-state index in [-0.39, 0.29) is 18.7 Å². The summed E-state index contributed by atoms with van der Waals surface area (Å²) in [5.41, 5.74) is 4.78. The van der Waals surface area contributed by atoms with Crippen molar-refractivity contribution in [3.8, 4) is 11.5 Å². The van der Waals surface area contributed by atoms with Gasteiger partial charge in [-0.05, 0) is 61.1 Å². The van der Waals surface area contributed by atoms with Gasteiger partial charge >= 0.3 is 0 Å². The maximum atomic E-state index is 12.4. The standard InChI is InChI=1S/C21H25NO3/c1-4-18(17-8-5-14(2)15(3)11-17)22-21(23)10-7-16-6-9-19-20(12-16)25-13-24-19/h5-6,8-9,11-12,18H,4,7,10,13H2,1-3H3,(H,22,23)/t18-/m1/s1. The fourth-order valence-corrected chi connectivity index (χ4v) is 3.02. The topological polar surface area (TPSA) is 47.6 Å². The zero-order valence-electron chi connectivity index (χ0n) is 15.1. The highest BCUT2D eigenvalue weighted by atomic mass is 16.7. The van der Waals surface area contributed by atoms with E-state index in [9.17, 15) is 4.79 Å². The zero-order valence-corrected chi connectivity index (χ0v) is 15.1. The third kappa shape index (κ3) is 4.13. The van der Waals surface area contributed by atoms with Crippen molar-refractivity contribution >= 4 is 5.91 Å². The summed E-state index contributed by atoms with van der Waals surface area (Å²) in [6.07, 6.45) is 2.02. The molecule has 132 valence electrons. The van der Waals surface area contributed by atoms with Gasteiger partial charge in [-0.1, -0.05) is 31.2 Å². The molecule has 0 fully saturated rings. The van der Waals surface area contributed by atoms with Crippen molar-refractivity contribution in [2.75, 3.05) is 6.79 Å². The van der Waals surface area contributed by atoms with E-state index in [4.69, 9.17) is 9.47 Å². The molecule has 1 atom stereocenters. The monoisotopic (exact) mass is 339 g/mol. The first kappa shape index (κ1) is 17.3. The number of fused-ring (bicyclic) bond motifs is 1. The lowest BCUT2D eigenvalue weighted by atomic mass is 9.99. The second kappa shape index (κ2) is 7.60. The van der Waals surface area contributed by atoms with Gasteiger partial charge in [0.05, 0.1) is 6.04 Å². The van der Waals surface area contributed by atoms with Crippen LogP contribution in [0.2, 0.25) is 0 Å². The zero-order chi connectivity index (χ0) is 17.8. The van der Waals surface area contributed by atoms with E-state index in [2.05, 4.69) is 44.3 Å². The molecule has 1 N–H and O–H groups in total. The van der Waals surface area contributed by atoms with Gasteiger partial charge in [-0.15, -0.1) is 0 Å². The summed E-state index contributed by atoms with van der Waals surface area (Å²) in [5.74, 6) is 1.61. The molecular formula is C21H25NO3. The second-order valence-corrected chi connectivity index (χ2v) is 6.56. The lowest BCUT2D eigenvalue weighted by molar-refractivity contribution is -0.121. The van der Waals surface area contributed by atoms with Crippen molar-refractivity contribution < 1.29 is 14.3 Å². The molecular weight excluding hydrogens is 314 g/mol. The van der Waals surface area contributed by atoms with Gasteiger partial charge < -0.3 is 14.8 Å². The number of carbonyl (C=O) groups excluding carboxylic acids is 1. The Hall–Kier alpha value is -2.49. The fraction of sp³-hybridized carbons (Fsp3) is 0.381. The molecule has 0 aliphatic carbocycles. The van der Waals surface area contributed by atoms with Crippen LogP contribution in [-0.4, -0.2) is 12.7 Å². The Bertz CT molecular complexity index is 770. The largest absolute Gasteiger partial charge is 0.454 e. The van der Waals surface area contributed by atoms with E-state index in [1.165, 1.54) is 16.7 Å². The maximum Gasteiger partial charge on any atom is 0.231 e. The van der Waals surface area contributed by atoms with E-state index in [1.54, 1.807) is 0 Å². The number of carbonyl (C=O) groups is 1. The highest BCUT2D eigenvalue weighted by Gasteiger charge is 2.15. The van der Waals surface area contributed by atoms with Gasteiger partial charge in [-0.3, -0.25) is 4.79 Å². The van der Waals surface area contributed by atoms with Crippen LogP contribution in [0.25, 0.3) is 0 Å². The molecule has 1 aliphatic heterocycles. The van der Waals surface area contributed by atoms with Crippen LogP contribution in [0.4, 0.5) is 0 Å². The van der Waals surface area contributed by atoms with Crippen molar-refractivity contribution in [3.63, 3.8) is 0 Å². The summed E-state index contributed by atoms with van der Waals surface area (Å²) in [6.45, 7) is 6.57. The molecule has 0 radical (unpaired) electrons. The number of aryl methyl sites for hydroxylation is 3. The Morgan fingerprint density at radius 3 is 2.64 bits per heavy atom. The van der Waals surface area contributed by atoms with Crippen molar-refractivity contribution in [2.45, 2.75) is 46.1 Å². The molecule has 0 spiro atoms. The lowest BCUT2D eigenvalue weighted by Crippen LogP contribution is -2.28. The molecule has 3 rings (SSSR count). The van der Waals surface area contributed by atoms with Crippen LogP contribution in [0, 0.1) is 13.8 Å². The quantitative estimate of drug-likeness (QED) is 0.856. The van der Waals surface area contributed by atoms with Crippen LogP contribution in [0.15, 0.2) is 36.4 Å². The normalized spacial score (nSPS) is 13.6. The summed E-state index contributed by atoms with van der Waals surface area (Å²) in [4.78, 5) is 12.4. The Labute approximate surface area is 149 Å².